The molecule has 0 aliphatic heterocycles. The first-order valence-electron chi connectivity index (χ1n) is 15.2. The van der Waals surface area contributed by atoms with Crippen LogP contribution in [0.4, 0.5) is 13.2 Å². The predicted molar refractivity (Wildman–Crippen MR) is 153 cm³/mol. The molecule has 2 aromatic carbocycles. The Kier molecular flexibility index (Phi) is 12.0. The molecule has 0 saturated heterocycles. The van der Waals surface area contributed by atoms with Gasteiger partial charge in [0.2, 0.25) is 0 Å². The highest BCUT2D eigenvalue weighted by Gasteiger charge is 2.28. The van der Waals surface area contributed by atoms with Gasteiger partial charge in [-0.25, -0.2) is 13.2 Å². The average Bonchev–Trinajstić information content (AvgIpc) is 2.98. The van der Waals surface area contributed by atoms with E-state index in [1.54, 1.807) is 24.3 Å². The van der Waals surface area contributed by atoms with Crippen molar-refractivity contribution >= 4 is 0 Å². The highest BCUT2D eigenvalue weighted by molar-refractivity contribution is 5.32. The minimum Gasteiger partial charge on any atom is -0.491 e. The zero-order valence-electron chi connectivity index (χ0n) is 23.9. The Labute approximate surface area is 238 Å². The quantitative estimate of drug-likeness (QED) is 0.171. The molecular weight excluding hydrogens is 513 g/mol. The molecule has 40 heavy (non-hydrogen) atoms. The fourth-order valence-corrected chi connectivity index (χ4v) is 6.03. The number of halogens is 3. The minimum atomic E-state index is -0.783. The first-order chi connectivity index (χ1) is 19.5. The van der Waals surface area contributed by atoms with Gasteiger partial charge < -0.3 is 14.2 Å². The van der Waals surface area contributed by atoms with E-state index in [1.165, 1.54) is 0 Å². The van der Waals surface area contributed by atoms with Gasteiger partial charge in [0.25, 0.3) is 0 Å². The number of rotatable bonds is 14. The first-order valence-corrected chi connectivity index (χ1v) is 15.2. The molecule has 2 saturated carbocycles. The normalized spacial score (nSPS) is 23.2. The van der Waals surface area contributed by atoms with E-state index in [0.717, 1.165) is 89.2 Å². The number of benzene rings is 2. The largest absolute Gasteiger partial charge is 0.491 e. The predicted octanol–water partition coefficient (Wildman–Crippen LogP) is 9.53. The average molecular weight is 559 g/mol. The Hall–Kier alpha value is -2.31. The summed E-state index contributed by atoms with van der Waals surface area (Å²) in [7, 11) is 0. The molecule has 0 atom stereocenters. The lowest BCUT2D eigenvalue weighted by atomic mass is 9.82. The Bertz CT molecular complexity index is 1070. The summed E-state index contributed by atoms with van der Waals surface area (Å²) >= 11 is 0. The van der Waals surface area contributed by atoms with Crippen molar-refractivity contribution in [2.75, 3.05) is 13.2 Å². The maximum Gasteiger partial charge on any atom is 0.165 e. The van der Waals surface area contributed by atoms with Gasteiger partial charge in [0.1, 0.15) is 0 Å². The van der Waals surface area contributed by atoms with Crippen molar-refractivity contribution in [1.82, 2.24) is 0 Å². The van der Waals surface area contributed by atoms with Crippen LogP contribution in [0.5, 0.6) is 5.75 Å². The maximum atomic E-state index is 15.1. The molecule has 2 aliphatic carbocycles. The number of unbranched alkanes of at least 4 members (excludes halogenated alkanes) is 2. The molecule has 0 spiro atoms. The molecular formula is C34H45F3O3. The van der Waals surface area contributed by atoms with Crippen LogP contribution in [0.1, 0.15) is 112 Å². The Balaban J connectivity index is 1.23. The van der Waals surface area contributed by atoms with Gasteiger partial charge in [0, 0.05) is 12.2 Å². The zero-order chi connectivity index (χ0) is 28.3. The van der Waals surface area contributed by atoms with E-state index >= 15 is 4.39 Å². The summed E-state index contributed by atoms with van der Waals surface area (Å²) in [5.41, 5.74) is 1.72. The summed E-state index contributed by atoms with van der Waals surface area (Å²) in [5, 5.41) is 0. The third-order valence-electron chi connectivity index (χ3n) is 8.54. The summed E-state index contributed by atoms with van der Waals surface area (Å²) in [6, 6.07) is 8.68. The van der Waals surface area contributed by atoms with Crippen molar-refractivity contribution in [2.45, 2.75) is 115 Å². The van der Waals surface area contributed by atoms with E-state index in [-0.39, 0.29) is 47.8 Å². The van der Waals surface area contributed by atoms with Gasteiger partial charge in [-0.15, -0.1) is 6.58 Å². The molecule has 0 aromatic heterocycles. The van der Waals surface area contributed by atoms with E-state index in [2.05, 4.69) is 13.5 Å². The number of hydrogen-bond acceptors (Lipinski definition) is 3. The van der Waals surface area contributed by atoms with Crippen molar-refractivity contribution < 1.29 is 27.4 Å². The summed E-state index contributed by atoms with van der Waals surface area (Å²) in [4.78, 5) is 0. The highest BCUT2D eigenvalue weighted by atomic mass is 19.2. The molecule has 0 heterocycles. The minimum absolute atomic E-state index is 0.0151. The smallest absolute Gasteiger partial charge is 0.165 e. The Morgan fingerprint density at radius 1 is 0.800 bits per heavy atom. The Morgan fingerprint density at radius 3 is 2.17 bits per heavy atom. The van der Waals surface area contributed by atoms with Gasteiger partial charge in [0.05, 0.1) is 25.4 Å². The summed E-state index contributed by atoms with van der Waals surface area (Å²) < 4.78 is 62.1. The third-order valence-corrected chi connectivity index (χ3v) is 8.54. The van der Waals surface area contributed by atoms with Crippen molar-refractivity contribution in [1.29, 1.82) is 0 Å². The van der Waals surface area contributed by atoms with E-state index in [0.29, 0.717) is 12.2 Å². The number of ether oxygens (including phenoxy) is 3. The van der Waals surface area contributed by atoms with Crippen molar-refractivity contribution in [3.8, 4) is 5.75 Å². The molecule has 0 N–H and O–H groups in total. The second-order valence-corrected chi connectivity index (χ2v) is 11.4. The molecule has 2 fully saturated rings. The van der Waals surface area contributed by atoms with Crippen molar-refractivity contribution in [3.63, 3.8) is 0 Å². The molecule has 2 aromatic rings. The van der Waals surface area contributed by atoms with E-state index in [9.17, 15) is 8.78 Å². The van der Waals surface area contributed by atoms with Crippen LogP contribution in [0, 0.1) is 17.5 Å². The molecule has 2 aliphatic rings. The zero-order valence-corrected chi connectivity index (χ0v) is 23.9. The van der Waals surface area contributed by atoms with Gasteiger partial charge >= 0.3 is 0 Å². The van der Waals surface area contributed by atoms with Crippen molar-refractivity contribution in [2.24, 2.45) is 0 Å². The first kappa shape index (κ1) is 30.6. The topological polar surface area (TPSA) is 27.7 Å². The monoisotopic (exact) mass is 558 g/mol. The van der Waals surface area contributed by atoms with Crippen LogP contribution < -0.4 is 4.74 Å². The Morgan fingerprint density at radius 2 is 1.50 bits per heavy atom. The molecule has 0 amide bonds. The number of allylic oxidation sites excluding steroid dienone is 1. The molecule has 0 radical (unpaired) electrons. The van der Waals surface area contributed by atoms with Crippen LogP contribution >= 0.6 is 0 Å². The number of hydrogen-bond donors (Lipinski definition) is 0. The highest BCUT2D eigenvalue weighted by Crippen LogP contribution is 2.38. The second-order valence-electron chi connectivity index (χ2n) is 11.4. The van der Waals surface area contributed by atoms with Gasteiger partial charge in [-0.05, 0) is 106 Å². The summed E-state index contributed by atoms with van der Waals surface area (Å²) in [6.07, 6.45) is 12.6. The fraction of sp³-hybridized carbons (Fsp3) is 0.588. The van der Waals surface area contributed by atoms with Crippen molar-refractivity contribution in [3.05, 3.63) is 77.1 Å². The van der Waals surface area contributed by atoms with Crippen LogP contribution in [-0.2, 0) is 16.1 Å². The van der Waals surface area contributed by atoms with Gasteiger partial charge in [-0.1, -0.05) is 37.6 Å². The van der Waals surface area contributed by atoms with Crippen LogP contribution in [0.2, 0.25) is 0 Å². The SMILES string of the molecule is C=CCCCOc1ccc(C2CCC(OCc3ccc(C4CCC(OCCCC)CC4)c(F)c3F)CC2)cc1F. The van der Waals surface area contributed by atoms with Crippen LogP contribution in [0.15, 0.2) is 43.0 Å². The third kappa shape index (κ3) is 8.36. The van der Waals surface area contributed by atoms with Gasteiger partial charge in [-0.3, -0.25) is 0 Å². The molecule has 0 unspecified atom stereocenters. The molecule has 6 heteroatoms. The molecule has 3 nitrogen and oxygen atoms in total. The molecule has 220 valence electrons. The lowest BCUT2D eigenvalue weighted by molar-refractivity contribution is 0.0118. The lowest BCUT2D eigenvalue weighted by Crippen LogP contribution is -2.22. The van der Waals surface area contributed by atoms with E-state index < -0.39 is 11.6 Å². The van der Waals surface area contributed by atoms with Crippen LogP contribution in [-0.4, -0.2) is 25.4 Å². The van der Waals surface area contributed by atoms with Crippen LogP contribution in [0.3, 0.4) is 0 Å². The van der Waals surface area contributed by atoms with Gasteiger partial charge in [0.15, 0.2) is 23.2 Å². The molecule has 4 rings (SSSR count). The van der Waals surface area contributed by atoms with E-state index in [1.807, 2.05) is 12.1 Å². The standard InChI is InChI=1S/C34H45F3O3/c1-3-5-7-21-39-32-19-13-26(22-31(32)35)24-8-14-29(15-9-24)40-23-27-12-18-30(34(37)33(27)36)25-10-16-28(17-11-25)38-20-6-4-2/h3,12-13,18-19,22,24-25,28-29H,1,4-11,14-17,20-21,23H2,2H3. The van der Waals surface area contributed by atoms with Gasteiger partial charge in [-0.2, -0.15) is 0 Å². The fourth-order valence-electron chi connectivity index (χ4n) is 6.03. The summed E-state index contributed by atoms with van der Waals surface area (Å²) in [5.74, 6) is -1.26. The summed E-state index contributed by atoms with van der Waals surface area (Å²) in [6.45, 7) is 7.13. The maximum absolute atomic E-state index is 15.1. The van der Waals surface area contributed by atoms with E-state index in [4.69, 9.17) is 14.2 Å². The molecule has 0 bridgehead atoms. The lowest BCUT2D eigenvalue weighted by Gasteiger charge is -2.30. The second kappa shape index (κ2) is 15.6. The van der Waals surface area contributed by atoms with Crippen LogP contribution in [0.25, 0.3) is 0 Å².